The monoisotopic (exact) mass is 325 g/mol. The van der Waals surface area contributed by atoms with E-state index < -0.39 is 12.6 Å². The number of piperidine rings is 1. The fourth-order valence-electron chi connectivity index (χ4n) is 2.34. The molecular formula is C14H26F3N3O2. The molecule has 5 nitrogen and oxygen atoms in total. The predicted octanol–water partition coefficient (Wildman–Crippen LogP) is 2.03. The van der Waals surface area contributed by atoms with Gasteiger partial charge in [0.05, 0.1) is 12.5 Å². The molecule has 1 saturated heterocycles. The van der Waals surface area contributed by atoms with Gasteiger partial charge in [0.15, 0.2) is 5.96 Å². The van der Waals surface area contributed by atoms with E-state index in [4.69, 9.17) is 9.47 Å². The van der Waals surface area contributed by atoms with Crippen LogP contribution in [0.1, 0.15) is 25.7 Å². The highest BCUT2D eigenvalue weighted by Gasteiger charge is 2.27. The molecule has 0 radical (unpaired) electrons. The summed E-state index contributed by atoms with van der Waals surface area (Å²) in [6.45, 7) is 2.69. The van der Waals surface area contributed by atoms with Crippen LogP contribution >= 0.6 is 0 Å². The molecule has 22 heavy (non-hydrogen) atoms. The lowest BCUT2D eigenvalue weighted by Crippen LogP contribution is -2.47. The zero-order valence-corrected chi connectivity index (χ0v) is 13.3. The number of ether oxygens (including phenoxy) is 2. The number of alkyl halides is 3. The Labute approximate surface area is 129 Å². The maximum absolute atomic E-state index is 12.2. The molecule has 0 aromatic heterocycles. The van der Waals surface area contributed by atoms with E-state index in [0.717, 1.165) is 32.4 Å². The van der Waals surface area contributed by atoms with Crippen molar-refractivity contribution in [3.63, 3.8) is 0 Å². The summed E-state index contributed by atoms with van der Waals surface area (Å²) >= 11 is 0. The quantitative estimate of drug-likeness (QED) is 0.442. The van der Waals surface area contributed by atoms with Gasteiger partial charge in [-0.25, -0.2) is 0 Å². The highest BCUT2D eigenvalue weighted by atomic mass is 19.4. The molecule has 130 valence electrons. The first kappa shape index (κ1) is 19.0. The van der Waals surface area contributed by atoms with Crippen LogP contribution in [0.5, 0.6) is 0 Å². The Bertz CT molecular complexity index is 330. The molecule has 1 fully saturated rings. The van der Waals surface area contributed by atoms with Crippen LogP contribution < -0.4 is 5.32 Å². The third kappa shape index (κ3) is 7.84. The number of likely N-dealkylation sites (tertiary alicyclic amines) is 1. The zero-order chi connectivity index (χ0) is 16.4. The Morgan fingerprint density at radius 1 is 1.27 bits per heavy atom. The molecule has 0 atom stereocenters. The van der Waals surface area contributed by atoms with Crippen LogP contribution in [0.25, 0.3) is 0 Å². The van der Waals surface area contributed by atoms with Crippen LogP contribution in [0.15, 0.2) is 4.99 Å². The molecule has 1 N–H and O–H groups in total. The summed E-state index contributed by atoms with van der Waals surface area (Å²) in [5, 5.41) is 2.77. The Kier molecular flexibility index (Phi) is 8.55. The first-order chi connectivity index (χ1) is 10.5. The van der Waals surface area contributed by atoms with Gasteiger partial charge in [-0.15, -0.1) is 0 Å². The van der Waals surface area contributed by atoms with Gasteiger partial charge in [-0.3, -0.25) is 4.99 Å². The van der Waals surface area contributed by atoms with Crippen LogP contribution in [0.4, 0.5) is 13.2 Å². The summed E-state index contributed by atoms with van der Waals surface area (Å²) in [7, 11) is 3.25. The highest BCUT2D eigenvalue weighted by molar-refractivity contribution is 5.79. The summed E-state index contributed by atoms with van der Waals surface area (Å²) < 4.78 is 47.2. The summed E-state index contributed by atoms with van der Waals surface area (Å²) in [6, 6.07) is 0. The van der Waals surface area contributed by atoms with Gasteiger partial charge in [0.25, 0.3) is 0 Å². The van der Waals surface area contributed by atoms with Crippen LogP contribution in [0, 0.1) is 0 Å². The lowest BCUT2D eigenvalue weighted by molar-refractivity contribution is -0.132. The number of rotatable bonds is 7. The highest BCUT2D eigenvalue weighted by Crippen LogP contribution is 2.18. The molecule has 0 aliphatic carbocycles. The van der Waals surface area contributed by atoms with Crippen molar-refractivity contribution in [2.75, 3.05) is 47.0 Å². The first-order valence-electron chi connectivity index (χ1n) is 7.59. The normalized spacial score (nSPS) is 17.9. The SMILES string of the molecule is CN=C(NCCC(F)(F)F)N1CCC(OCCCOC)CC1. The van der Waals surface area contributed by atoms with Gasteiger partial charge in [-0.2, -0.15) is 13.2 Å². The third-order valence-electron chi connectivity index (χ3n) is 3.49. The van der Waals surface area contributed by atoms with Crippen molar-refractivity contribution in [2.24, 2.45) is 4.99 Å². The smallest absolute Gasteiger partial charge is 0.385 e. The zero-order valence-electron chi connectivity index (χ0n) is 13.3. The van der Waals surface area contributed by atoms with E-state index in [2.05, 4.69) is 10.3 Å². The standard InChI is InChI=1S/C14H26F3N3O2/c1-18-13(19-7-6-14(15,16)17)20-8-4-12(5-9-20)22-11-3-10-21-2/h12H,3-11H2,1-2H3,(H,18,19). The summed E-state index contributed by atoms with van der Waals surface area (Å²) in [5.74, 6) is 0.530. The van der Waals surface area contributed by atoms with Crippen LogP contribution in [0.3, 0.4) is 0 Å². The maximum Gasteiger partial charge on any atom is 0.390 e. The topological polar surface area (TPSA) is 46.1 Å². The van der Waals surface area contributed by atoms with Crippen LogP contribution in [-0.2, 0) is 9.47 Å². The first-order valence-corrected chi connectivity index (χ1v) is 7.59. The number of nitrogens with zero attached hydrogens (tertiary/aromatic N) is 2. The van der Waals surface area contributed by atoms with Crippen molar-refractivity contribution in [1.29, 1.82) is 0 Å². The average molecular weight is 325 g/mol. The molecule has 8 heteroatoms. The van der Waals surface area contributed by atoms with Crippen molar-refractivity contribution in [1.82, 2.24) is 10.2 Å². The van der Waals surface area contributed by atoms with Crippen molar-refractivity contribution in [3.8, 4) is 0 Å². The molecule has 1 aliphatic rings. The molecule has 1 rings (SSSR count). The molecule has 0 unspecified atom stereocenters. The Morgan fingerprint density at radius 3 is 2.50 bits per heavy atom. The van der Waals surface area contributed by atoms with E-state index >= 15 is 0 Å². The number of nitrogens with one attached hydrogen (secondary N) is 1. The van der Waals surface area contributed by atoms with Gasteiger partial charge in [-0.1, -0.05) is 0 Å². The number of halogens is 3. The third-order valence-corrected chi connectivity index (χ3v) is 3.49. The Hall–Kier alpha value is -1.02. The second kappa shape index (κ2) is 9.89. The van der Waals surface area contributed by atoms with E-state index in [-0.39, 0.29) is 12.6 Å². The Balaban J connectivity index is 2.24. The minimum absolute atomic E-state index is 0.149. The van der Waals surface area contributed by atoms with E-state index in [1.807, 2.05) is 4.90 Å². The minimum Gasteiger partial charge on any atom is -0.385 e. The maximum atomic E-state index is 12.2. The number of aliphatic imine (C=N–C) groups is 1. The van der Waals surface area contributed by atoms with Crippen LogP contribution in [0.2, 0.25) is 0 Å². The summed E-state index contributed by atoms with van der Waals surface area (Å²) in [4.78, 5) is 6.03. The number of hydrogen-bond donors (Lipinski definition) is 1. The number of hydrogen-bond acceptors (Lipinski definition) is 3. The molecule has 0 aromatic carbocycles. The molecular weight excluding hydrogens is 299 g/mol. The van der Waals surface area contributed by atoms with Gasteiger partial charge >= 0.3 is 6.18 Å². The molecule has 0 aromatic rings. The van der Waals surface area contributed by atoms with Crippen molar-refractivity contribution < 1.29 is 22.6 Å². The predicted molar refractivity (Wildman–Crippen MR) is 79.1 cm³/mol. The lowest BCUT2D eigenvalue weighted by atomic mass is 10.1. The van der Waals surface area contributed by atoms with Crippen molar-refractivity contribution >= 4 is 5.96 Å². The van der Waals surface area contributed by atoms with E-state index in [0.29, 0.717) is 19.2 Å². The molecule has 1 heterocycles. The van der Waals surface area contributed by atoms with Gasteiger partial charge < -0.3 is 19.7 Å². The lowest BCUT2D eigenvalue weighted by Gasteiger charge is -2.34. The van der Waals surface area contributed by atoms with Gasteiger partial charge in [0, 0.05) is 47.0 Å². The minimum atomic E-state index is -4.14. The number of guanidine groups is 1. The molecule has 0 saturated carbocycles. The Morgan fingerprint density at radius 2 is 1.95 bits per heavy atom. The van der Waals surface area contributed by atoms with Crippen LogP contribution in [-0.4, -0.2) is 70.1 Å². The fourth-order valence-corrected chi connectivity index (χ4v) is 2.34. The molecule has 0 bridgehead atoms. The van der Waals surface area contributed by atoms with Crippen molar-refractivity contribution in [2.45, 2.75) is 38.0 Å². The summed E-state index contributed by atoms with van der Waals surface area (Å²) in [6.07, 6.45) is -2.21. The second-order valence-corrected chi connectivity index (χ2v) is 5.24. The second-order valence-electron chi connectivity index (χ2n) is 5.24. The van der Waals surface area contributed by atoms with E-state index in [1.165, 1.54) is 0 Å². The van der Waals surface area contributed by atoms with E-state index in [9.17, 15) is 13.2 Å². The van der Waals surface area contributed by atoms with Gasteiger partial charge in [-0.05, 0) is 19.3 Å². The fraction of sp³-hybridized carbons (Fsp3) is 0.929. The number of methoxy groups -OCH3 is 1. The largest absolute Gasteiger partial charge is 0.390 e. The van der Waals surface area contributed by atoms with Crippen molar-refractivity contribution in [3.05, 3.63) is 0 Å². The molecule has 0 amide bonds. The van der Waals surface area contributed by atoms with E-state index in [1.54, 1.807) is 14.2 Å². The molecule has 1 aliphatic heterocycles. The van der Waals surface area contributed by atoms with Gasteiger partial charge in [0.2, 0.25) is 0 Å². The summed E-state index contributed by atoms with van der Waals surface area (Å²) in [5.41, 5.74) is 0. The molecule has 0 spiro atoms. The van der Waals surface area contributed by atoms with Gasteiger partial charge in [0.1, 0.15) is 0 Å². The average Bonchev–Trinajstić information content (AvgIpc) is 2.48.